The van der Waals surface area contributed by atoms with Crippen molar-refractivity contribution in [3.8, 4) is 0 Å². The fourth-order valence-corrected chi connectivity index (χ4v) is 2.18. The van der Waals surface area contributed by atoms with Crippen LogP contribution in [0.25, 0.3) is 0 Å². The van der Waals surface area contributed by atoms with Gasteiger partial charge in [-0.1, -0.05) is 0 Å². The molecule has 5 heteroatoms. The van der Waals surface area contributed by atoms with E-state index in [1.165, 1.54) is 25.9 Å². The molecule has 1 fully saturated rings. The number of rotatable bonds is 6. The molecule has 0 aromatic carbocycles. The topological polar surface area (TPSA) is 54.5 Å². The van der Waals surface area contributed by atoms with Gasteiger partial charge in [-0.25, -0.2) is 9.78 Å². The van der Waals surface area contributed by atoms with Crippen LogP contribution in [0.2, 0.25) is 0 Å². The number of carbonyl (C=O) groups excluding carboxylic acids is 1. The summed E-state index contributed by atoms with van der Waals surface area (Å²) in [6, 6.07) is 3.55. The molecule has 2 heterocycles. The van der Waals surface area contributed by atoms with Crippen molar-refractivity contribution in [1.82, 2.24) is 9.88 Å². The molecule has 2 rings (SSSR count). The summed E-state index contributed by atoms with van der Waals surface area (Å²) < 4.78 is 4.91. The van der Waals surface area contributed by atoms with Gasteiger partial charge >= 0.3 is 5.97 Å². The molecule has 104 valence electrons. The summed E-state index contributed by atoms with van der Waals surface area (Å²) >= 11 is 0. The Hall–Kier alpha value is -1.62. The predicted octanol–water partition coefficient (Wildman–Crippen LogP) is 1.77. The Morgan fingerprint density at radius 3 is 2.84 bits per heavy atom. The normalized spacial score (nSPS) is 15.4. The lowest BCUT2D eigenvalue weighted by Gasteiger charge is -2.14. The van der Waals surface area contributed by atoms with Crippen molar-refractivity contribution in [2.24, 2.45) is 0 Å². The van der Waals surface area contributed by atoms with Crippen LogP contribution in [0.1, 0.15) is 30.1 Å². The number of hydrogen-bond acceptors (Lipinski definition) is 5. The van der Waals surface area contributed by atoms with Gasteiger partial charge in [-0.3, -0.25) is 0 Å². The molecule has 1 aromatic rings. The summed E-state index contributed by atoms with van der Waals surface area (Å²) in [5.74, 6) is 0.478. The number of aromatic nitrogens is 1. The van der Waals surface area contributed by atoms with Gasteiger partial charge in [0.1, 0.15) is 5.82 Å². The van der Waals surface area contributed by atoms with Crippen molar-refractivity contribution < 1.29 is 9.53 Å². The first-order valence-corrected chi connectivity index (χ1v) is 6.89. The summed E-state index contributed by atoms with van der Waals surface area (Å²) in [6.07, 6.45) is 4.18. The number of ether oxygens (including phenoxy) is 1. The molecule has 0 amide bonds. The van der Waals surface area contributed by atoms with Gasteiger partial charge < -0.3 is 15.0 Å². The van der Waals surface area contributed by atoms with E-state index >= 15 is 0 Å². The van der Waals surface area contributed by atoms with Crippen LogP contribution < -0.4 is 5.32 Å². The average molecular weight is 263 g/mol. The first kappa shape index (κ1) is 13.8. The number of hydrogen-bond donors (Lipinski definition) is 1. The standard InChI is InChI=1S/C14H21N3O2/c1-2-19-14(18)12-5-6-13(16-11-12)15-7-10-17-8-3-4-9-17/h5-6,11H,2-4,7-10H2,1H3,(H,15,16). The fourth-order valence-electron chi connectivity index (χ4n) is 2.18. The number of esters is 1. The lowest BCUT2D eigenvalue weighted by atomic mass is 10.3. The molecule has 1 N–H and O–H groups in total. The molecule has 0 saturated carbocycles. The van der Waals surface area contributed by atoms with Crippen molar-refractivity contribution in [2.45, 2.75) is 19.8 Å². The van der Waals surface area contributed by atoms with Crippen molar-refractivity contribution >= 4 is 11.8 Å². The number of carbonyl (C=O) groups is 1. The zero-order valence-corrected chi connectivity index (χ0v) is 11.4. The van der Waals surface area contributed by atoms with Gasteiger partial charge in [0, 0.05) is 19.3 Å². The van der Waals surface area contributed by atoms with E-state index in [4.69, 9.17) is 4.74 Å². The van der Waals surface area contributed by atoms with Crippen molar-refractivity contribution in [3.05, 3.63) is 23.9 Å². The van der Waals surface area contributed by atoms with Gasteiger partial charge in [-0.15, -0.1) is 0 Å². The third kappa shape index (κ3) is 4.21. The van der Waals surface area contributed by atoms with Crippen LogP contribution in [0.5, 0.6) is 0 Å². The number of likely N-dealkylation sites (tertiary alicyclic amines) is 1. The average Bonchev–Trinajstić information content (AvgIpc) is 2.93. The van der Waals surface area contributed by atoms with Crippen molar-refractivity contribution in [1.29, 1.82) is 0 Å². The zero-order chi connectivity index (χ0) is 13.5. The van der Waals surface area contributed by atoms with Crippen LogP contribution in [0.3, 0.4) is 0 Å². The van der Waals surface area contributed by atoms with E-state index in [0.29, 0.717) is 12.2 Å². The van der Waals surface area contributed by atoms with E-state index in [1.54, 1.807) is 19.2 Å². The smallest absolute Gasteiger partial charge is 0.339 e. The Morgan fingerprint density at radius 1 is 1.42 bits per heavy atom. The monoisotopic (exact) mass is 263 g/mol. The molecule has 1 aliphatic heterocycles. The predicted molar refractivity (Wildman–Crippen MR) is 74.4 cm³/mol. The summed E-state index contributed by atoms with van der Waals surface area (Å²) in [5, 5.41) is 3.26. The maximum absolute atomic E-state index is 11.5. The van der Waals surface area contributed by atoms with Gasteiger partial charge in [0.2, 0.25) is 0 Å². The van der Waals surface area contributed by atoms with Crippen molar-refractivity contribution in [2.75, 3.05) is 38.1 Å². The number of nitrogens with one attached hydrogen (secondary N) is 1. The lowest BCUT2D eigenvalue weighted by molar-refractivity contribution is 0.0526. The highest BCUT2D eigenvalue weighted by Crippen LogP contribution is 2.08. The maximum atomic E-state index is 11.5. The minimum Gasteiger partial charge on any atom is -0.462 e. The zero-order valence-electron chi connectivity index (χ0n) is 11.4. The lowest BCUT2D eigenvalue weighted by Crippen LogP contribution is -2.26. The Morgan fingerprint density at radius 2 is 2.21 bits per heavy atom. The molecule has 0 atom stereocenters. The van der Waals surface area contributed by atoms with Gasteiger partial charge in [-0.05, 0) is 45.0 Å². The minimum absolute atomic E-state index is 0.321. The van der Waals surface area contributed by atoms with Crippen LogP contribution in [-0.4, -0.2) is 48.6 Å². The van der Waals surface area contributed by atoms with Crippen LogP contribution >= 0.6 is 0 Å². The highest BCUT2D eigenvalue weighted by atomic mass is 16.5. The molecular formula is C14H21N3O2. The molecule has 19 heavy (non-hydrogen) atoms. The summed E-state index contributed by atoms with van der Waals surface area (Å²) in [4.78, 5) is 18.1. The fraction of sp³-hybridized carbons (Fsp3) is 0.571. The number of nitrogens with zero attached hydrogens (tertiary/aromatic N) is 2. The summed E-state index contributed by atoms with van der Waals surface area (Å²) in [7, 11) is 0. The van der Waals surface area contributed by atoms with E-state index in [2.05, 4.69) is 15.2 Å². The molecule has 0 radical (unpaired) electrons. The highest BCUT2D eigenvalue weighted by molar-refractivity contribution is 5.89. The summed E-state index contributed by atoms with van der Waals surface area (Å²) in [5.41, 5.74) is 0.493. The van der Waals surface area contributed by atoms with E-state index in [0.717, 1.165) is 18.9 Å². The summed E-state index contributed by atoms with van der Waals surface area (Å²) in [6.45, 7) is 6.51. The van der Waals surface area contributed by atoms with E-state index in [-0.39, 0.29) is 5.97 Å². The molecule has 1 aliphatic rings. The third-order valence-corrected chi connectivity index (χ3v) is 3.21. The van der Waals surface area contributed by atoms with Gasteiger partial charge in [0.15, 0.2) is 0 Å². The molecule has 0 spiro atoms. The molecular weight excluding hydrogens is 242 g/mol. The van der Waals surface area contributed by atoms with Crippen LogP contribution in [-0.2, 0) is 4.74 Å². The van der Waals surface area contributed by atoms with Gasteiger partial charge in [0.25, 0.3) is 0 Å². The third-order valence-electron chi connectivity index (χ3n) is 3.21. The molecule has 1 aromatic heterocycles. The number of pyridine rings is 1. The molecule has 0 bridgehead atoms. The first-order valence-electron chi connectivity index (χ1n) is 6.89. The second kappa shape index (κ2) is 7.09. The van der Waals surface area contributed by atoms with Crippen LogP contribution in [0.4, 0.5) is 5.82 Å². The Balaban J connectivity index is 1.76. The Kier molecular flexibility index (Phi) is 5.15. The SMILES string of the molecule is CCOC(=O)c1ccc(NCCN2CCCC2)nc1. The van der Waals surface area contributed by atoms with Crippen LogP contribution in [0, 0.1) is 0 Å². The van der Waals surface area contributed by atoms with Gasteiger partial charge in [0.05, 0.1) is 12.2 Å². The molecule has 0 unspecified atom stereocenters. The Bertz CT molecular complexity index is 400. The minimum atomic E-state index is -0.321. The van der Waals surface area contributed by atoms with Crippen molar-refractivity contribution in [3.63, 3.8) is 0 Å². The number of anilines is 1. The first-order chi connectivity index (χ1) is 9.29. The van der Waals surface area contributed by atoms with E-state index < -0.39 is 0 Å². The highest BCUT2D eigenvalue weighted by Gasteiger charge is 2.10. The molecule has 5 nitrogen and oxygen atoms in total. The van der Waals surface area contributed by atoms with Crippen LogP contribution in [0.15, 0.2) is 18.3 Å². The maximum Gasteiger partial charge on any atom is 0.339 e. The second-order valence-corrected chi connectivity index (χ2v) is 4.63. The van der Waals surface area contributed by atoms with E-state index in [9.17, 15) is 4.79 Å². The van der Waals surface area contributed by atoms with E-state index in [1.807, 2.05) is 6.07 Å². The molecule has 1 saturated heterocycles. The molecule has 0 aliphatic carbocycles. The second-order valence-electron chi connectivity index (χ2n) is 4.63. The van der Waals surface area contributed by atoms with Gasteiger partial charge in [-0.2, -0.15) is 0 Å². The Labute approximate surface area is 114 Å². The quantitative estimate of drug-likeness (QED) is 0.793. The largest absolute Gasteiger partial charge is 0.462 e.